The van der Waals surface area contributed by atoms with Crippen LogP contribution in [0.15, 0.2) is 23.1 Å². The van der Waals surface area contributed by atoms with E-state index in [0.29, 0.717) is 38.3 Å². The predicted molar refractivity (Wildman–Crippen MR) is 104 cm³/mol. The Morgan fingerprint density at radius 1 is 1.29 bits per heavy atom. The second-order valence-electron chi connectivity index (χ2n) is 6.46. The van der Waals surface area contributed by atoms with Crippen LogP contribution in [0.2, 0.25) is 5.02 Å². The number of halogens is 1. The van der Waals surface area contributed by atoms with Crippen LogP contribution in [-0.4, -0.2) is 69.9 Å². The largest absolute Gasteiger partial charge is 0.495 e. The summed E-state index contributed by atoms with van der Waals surface area (Å²) >= 11 is 6.01. The molecule has 2 rings (SSSR count). The van der Waals surface area contributed by atoms with E-state index in [2.05, 4.69) is 0 Å². The Morgan fingerprint density at radius 3 is 2.46 bits per heavy atom. The van der Waals surface area contributed by atoms with E-state index < -0.39 is 10.0 Å². The lowest BCUT2D eigenvalue weighted by atomic mass is 9.97. The fourth-order valence-corrected chi connectivity index (χ4v) is 4.46. The smallest absolute Gasteiger partial charge is 0.309 e. The lowest BCUT2D eigenvalue weighted by Gasteiger charge is -2.32. The highest BCUT2D eigenvalue weighted by Crippen LogP contribution is 2.28. The van der Waals surface area contributed by atoms with Crippen LogP contribution < -0.4 is 4.74 Å². The summed E-state index contributed by atoms with van der Waals surface area (Å²) in [6.45, 7) is 2.57. The van der Waals surface area contributed by atoms with Crippen LogP contribution in [0.1, 0.15) is 19.8 Å². The SMILES string of the molecule is CCOC(=O)C1CCN(C(=O)CN(C)S(=O)(=O)c2ccc(OC)c(Cl)c2)CC1. The highest BCUT2D eigenvalue weighted by molar-refractivity contribution is 7.89. The first-order valence-corrected chi connectivity index (χ1v) is 10.8. The van der Waals surface area contributed by atoms with Gasteiger partial charge in [-0.1, -0.05) is 11.6 Å². The van der Waals surface area contributed by atoms with Gasteiger partial charge < -0.3 is 14.4 Å². The van der Waals surface area contributed by atoms with E-state index in [0.717, 1.165) is 4.31 Å². The highest BCUT2D eigenvalue weighted by atomic mass is 35.5. The van der Waals surface area contributed by atoms with Crippen LogP contribution in [0.3, 0.4) is 0 Å². The molecule has 1 aliphatic heterocycles. The third-order valence-electron chi connectivity index (χ3n) is 4.66. The maximum atomic E-state index is 12.7. The van der Waals surface area contributed by atoms with Gasteiger partial charge in [0, 0.05) is 20.1 Å². The van der Waals surface area contributed by atoms with E-state index in [1.165, 1.54) is 32.4 Å². The maximum absolute atomic E-state index is 12.7. The monoisotopic (exact) mass is 432 g/mol. The molecule has 1 saturated heterocycles. The van der Waals surface area contributed by atoms with E-state index in [9.17, 15) is 18.0 Å². The Hall–Kier alpha value is -1.84. The summed E-state index contributed by atoms with van der Waals surface area (Å²) in [5.74, 6) is -0.408. The molecule has 1 amide bonds. The molecule has 0 aromatic heterocycles. The Kier molecular flexibility index (Phi) is 7.68. The number of ether oxygens (including phenoxy) is 2. The molecule has 1 aromatic rings. The van der Waals surface area contributed by atoms with E-state index in [4.69, 9.17) is 21.1 Å². The van der Waals surface area contributed by atoms with Crippen molar-refractivity contribution in [3.8, 4) is 5.75 Å². The quantitative estimate of drug-likeness (QED) is 0.609. The normalized spacial score (nSPS) is 15.5. The summed E-state index contributed by atoms with van der Waals surface area (Å²) in [6, 6.07) is 4.14. The van der Waals surface area contributed by atoms with Crippen LogP contribution in [-0.2, 0) is 24.3 Å². The van der Waals surface area contributed by atoms with Gasteiger partial charge in [0.1, 0.15) is 5.75 Å². The van der Waals surface area contributed by atoms with Crippen molar-refractivity contribution in [3.63, 3.8) is 0 Å². The van der Waals surface area contributed by atoms with Crippen molar-refractivity contribution in [1.82, 2.24) is 9.21 Å². The van der Waals surface area contributed by atoms with Crippen molar-refractivity contribution in [2.24, 2.45) is 5.92 Å². The Bertz CT molecular complexity index is 821. The van der Waals surface area contributed by atoms with E-state index in [1.807, 2.05) is 0 Å². The summed E-state index contributed by atoms with van der Waals surface area (Å²) in [5.41, 5.74) is 0. The van der Waals surface area contributed by atoms with Gasteiger partial charge in [-0.3, -0.25) is 9.59 Å². The summed E-state index contributed by atoms with van der Waals surface area (Å²) in [7, 11) is -1.10. The zero-order valence-electron chi connectivity index (χ0n) is 16.2. The van der Waals surface area contributed by atoms with Crippen molar-refractivity contribution in [1.29, 1.82) is 0 Å². The number of amides is 1. The number of nitrogens with zero attached hydrogens (tertiary/aromatic N) is 2. The molecule has 0 aliphatic carbocycles. The van der Waals surface area contributed by atoms with Crippen molar-refractivity contribution < 1.29 is 27.5 Å². The van der Waals surface area contributed by atoms with Gasteiger partial charge in [0.05, 0.1) is 36.1 Å². The van der Waals surface area contributed by atoms with Gasteiger partial charge in [0.15, 0.2) is 0 Å². The van der Waals surface area contributed by atoms with Gasteiger partial charge in [-0.25, -0.2) is 8.42 Å². The number of hydrogen-bond acceptors (Lipinski definition) is 6. The summed E-state index contributed by atoms with van der Waals surface area (Å²) in [5, 5.41) is 0.171. The molecule has 0 bridgehead atoms. The number of likely N-dealkylation sites (N-methyl/N-ethyl adjacent to an activating group) is 1. The minimum Gasteiger partial charge on any atom is -0.495 e. The molecule has 1 aromatic carbocycles. The number of carbonyl (C=O) groups excluding carboxylic acids is 2. The molecular formula is C18H25ClN2O6S. The maximum Gasteiger partial charge on any atom is 0.309 e. The second kappa shape index (κ2) is 9.58. The summed E-state index contributed by atoms with van der Waals surface area (Å²) < 4.78 is 36.4. The minimum atomic E-state index is -3.88. The number of methoxy groups -OCH3 is 1. The third kappa shape index (κ3) is 5.15. The van der Waals surface area contributed by atoms with Crippen LogP contribution in [0.5, 0.6) is 5.75 Å². The Labute approximate surface area is 170 Å². The molecule has 8 nitrogen and oxygen atoms in total. The van der Waals surface area contributed by atoms with Crippen LogP contribution in [0.4, 0.5) is 0 Å². The number of likely N-dealkylation sites (tertiary alicyclic amines) is 1. The first-order valence-electron chi connectivity index (χ1n) is 8.95. The number of hydrogen-bond donors (Lipinski definition) is 0. The van der Waals surface area contributed by atoms with Gasteiger partial charge >= 0.3 is 5.97 Å². The zero-order valence-corrected chi connectivity index (χ0v) is 17.8. The third-order valence-corrected chi connectivity index (χ3v) is 6.75. The molecule has 28 heavy (non-hydrogen) atoms. The topological polar surface area (TPSA) is 93.2 Å². The van der Waals surface area contributed by atoms with Crippen LogP contribution in [0.25, 0.3) is 0 Å². The Balaban J connectivity index is 1.98. The van der Waals surface area contributed by atoms with Crippen LogP contribution >= 0.6 is 11.6 Å². The molecule has 0 unspecified atom stereocenters. The first-order chi connectivity index (χ1) is 13.2. The van der Waals surface area contributed by atoms with Crippen LogP contribution in [0, 0.1) is 5.92 Å². The van der Waals surface area contributed by atoms with E-state index in [1.54, 1.807) is 11.8 Å². The molecule has 1 fully saturated rings. The zero-order chi connectivity index (χ0) is 20.9. The van der Waals surface area contributed by atoms with Crippen molar-refractivity contribution >= 4 is 33.5 Å². The fraction of sp³-hybridized carbons (Fsp3) is 0.556. The van der Waals surface area contributed by atoms with Gasteiger partial charge in [-0.15, -0.1) is 0 Å². The molecule has 1 aliphatic rings. The number of benzene rings is 1. The number of carbonyl (C=O) groups is 2. The number of rotatable bonds is 7. The number of sulfonamides is 1. The fourth-order valence-electron chi connectivity index (χ4n) is 2.99. The predicted octanol–water partition coefficient (Wildman–Crippen LogP) is 1.77. The number of piperidine rings is 1. The van der Waals surface area contributed by atoms with Crippen molar-refractivity contribution in [2.75, 3.05) is 40.4 Å². The Morgan fingerprint density at radius 2 is 1.93 bits per heavy atom. The van der Waals surface area contributed by atoms with Gasteiger partial charge in [0.25, 0.3) is 0 Å². The molecule has 0 atom stereocenters. The molecular weight excluding hydrogens is 408 g/mol. The highest BCUT2D eigenvalue weighted by Gasteiger charge is 2.30. The number of esters is 1. The molecule has 0 spiro atoms. The molecule has 0 saturated carbocycles. The lowest BCUT2D eigenvalue weighted by Crippen LogP contribution is -2.45. The molecule has 0 radical (unpaired) electrons. The standard InChI is InChI=1S/C18H25ClN2O6S/c1-4-27-18(23)13-7-9-21(10-8-13)17(22)12-20(2)28(24,25)14-5-6-16(26-3)15(19)11-14/h5-6,11,13H,4,7-10,12H2,1-3H3. The lowest BCUT2D eigenvalue weighted by molar-refractivity contribution is -0.151. The van der Waals surface area contributed by atoms with E-state index in [-0.39, 0.29) is 34.3 Å². The molecule has 1 heterocycles. The van der Waals surface area contributed by atoms with Crippen molar-refractivity contribution in [3.05, 3.63) is 23.2 Å². The average molecular weight is 433 g/mol. The summed E-state index contributed by atoms with van der Waals surface area (Å²) in [4.78, 5) is 25.8. The minimum absolute atomic E-state index is 0.0189. The molecule has 0 N–H and O–H groups in total. The molecule has 156 valence electrons. The molecule has 10 heteroatoms. The van der Waals surface area contributed by atoms with Gasteiger partial charge in [-0.05, 0) is 38.0 Å². The van der Waals surface area contributed by atoms with E-state index >= 15 is 0 Å². The second-order valence-corrected chi connectivity index (χ2v) is 8.92. The van der Waals surface area contributed by atoms with Gasteiger partial charge in [0.2, 0.25) is 15.9 Å². The van der Waals surface area contributed by atoms with Gasteiger partial charge in [-0.2, -0.15) is 4.31 Å². The summed E-state index contributed by atoms with van der Waals surface area (Å²) in [6.07, 6.45) is 1.02. The average Bonchev–Trinajstić information content (AvgIpc) is 2.68. The van der Waals surface area contributed by atoms with Crippen molar-refractivity contribution in [2.45, 2.75) is 24.7 Å². The first kappa shape index (κ1) is 22.4.